The van der Waals surface area contributed by atoms with Gasteiger partial charge in [-0.15, -0.1) is 0 Å². The zero-order valence-corrected chi connectivity index (χ0v) is 7.35. The molecular formula is C9H15FO2. The molecule has 1 rings (SSSR count). The van der Waals surface area contributed by atoms with E-state index in [1.807, 2.05) is 0 Å². The number of carboxylic acids is 1. The smallest absolute Gasteiger partial charge is 0.306 e. The van der Waals surface area contributed by atoms with Crippen molar-refractivity contribution in [1.82, 2.24) is 0 Å². The first-order valence-electron chi connectivity index (χ1n) is 4.43. The lowest BCUT2D eigenvalue weighted by Crippen LogP contribution is -2.30. The van der Waals surface area contributed by atoms with Crippen LogP contribution in [0.25, 0.3) is 0 Å². The molecule has 1 saturated carbocycles. The average molecular weight is 174 g/mol. The molecule has 70 valence electrons. The number of alkyl halides is 1. The van der Waals surface area contributed by atoms with Crippen molar-refractivity contribution >= 4 is 5.97 Å². The Morgan fingerprint density at radius 3 is 2.50 bits per heavy atom. The van der Waals surface area contributed by atoms with Crippen molar-refractivity contribution < 1.29 is 14.3 Å². The molecule has 0 bridgehead atoms. The van der Waals surface area contributed by atoms with Gasteiger partial charge in [0.2, 0.25) is 0 Å². The highest BCUT2D eigenvalue weighted by Crippen LogP contribution is 2.38. The fraction of sp³-hybridized carbons (Fsp3) is 0.889. The van der Waals surface area contributed by atoms with Gasteiger partial charge in [0.1, 0.15) is 5.67 Å². The monoisotopic (exact) mass is 174 g/mol. The molecule has 12 heavy (non-hydrogen) atoms. The summed E-state index contributed by atoms with van der Waals surface area (Å²) < 4.78 is 13.7. The average Bonchev–Trinajstić information content (AvgIpc) is 2.32. The van der Waals surface area contributed by atoms with Crippen LogP contribution >= 0.6 is 0 Å². The Balaban J connectivity index is 2.50. The Labute approximate surface area is 71.8 Å². The summed E-state index contributed by atoms with van der Waals surface area (Å²) in [6, 6.07) is 0. The van der Waals surface area contributed by atoms with Crippen LogP contribution in [-0.2, 0) is 4.79 Å². The maximum atomic E-state index is 13.7. The van der Waals surface area contributed by atoms with Gasteiger partial charge in [-0.25, -0.2) is 4.39 Å². The summed E-state index contributed by atoms with van der Waals surface area (Å²) >= 11 is 0. The van der Waals surface area contributed by atoms with Crippen LogP contribution < -0.4 is 0 Å². The first kappa shape index (κ1) is 9.49. The van der Waals surface area contributed by atoms with Crippen LogP contribution in [0.15, 0.2) is 0 Å². The van der Waals surface area contributed by atoms with E-state index < -0.39 is 11.6 Å². The predicted molar refractivity (Wildman–Crippen MR) is 43.7 cm³/mol. The number of hydrogen-bond acceptors (Lipinski definition) is 1. The first-order chi connectivity index (χ1) is 5.52. The summed E-state index contributed by atoms with van der Waals surface area (Å²) in [4.78, 5) is 10.3. The van der Waals surface area contributed by atoms with Gasteiger partial charge in [-0.2, -0.15) is 0 Å². The maximum absolute atomic E-state index is 13.7. The van der Waals surface area contributed by atoms with Gasteiger partial charge in [-0.1, -0.05) is 12.8 Å². The third-order valence-corrected chi connectivity index (χ3v) is 2.70. The molecular weight excluding hydrogens is 159 g/mol. The minimum absolute atomic E-state index is 0.0337. The lowest BCUT2D eigenvalue weighted by Gasteiger charge is -2.25. The van der Waals surface area contributed by atoms with Gasteiger partial charge in [-0.3, -0.25) is 4.79 Å². The highest BCUT2D eigenvalue weighted by atomic mass is 19.1. The van der Waals surface area contributed by atoms with Gasteiger partial charge in [-0.05, 0) is 25.7 Å². The molecule has 0 spiro atoms. The Morgan fingerprint density at radius 1 is 1.58 bits per heavy atom. The summed E-state index contributed by atoms with van der Waals surface area (Å²) in [5, 5.41) is 8.47. The molecule has 1 aliphatic rings. The summed E-state index contributed by atoms with van der Waals surface area (Å²) in [7, 11) is 0. The standard InChI is InChI=1S/C9H15FO2/c1-9(10,6-8(11)12)7-4-2-3-5-7/h7H,2-6H2,1H3,(H,11,12). The minimum atomic E-state index is -1.50. The number of halogens is 1. The molecule has 1 fully saturated rings. The van der Waals surface area contributed by atoms with Gasteiger partial charge in [0.05, 0.1) is 6.42 Å². The maximum Gasteiger partial charge on any atom is 0.306 e. The van der Waals surface area contributed by atoms with Gasteiger partial charge in [0.15, 0.2) is 0 Å². The van der Waals surface area contributed by atoms with E-state index in [9.17, 15) is 9.18 Å². The van der Waals surface area contributed by atoms with E-state index in [4.69, 9.17) is 5.11 Å². The summed E-state index contributed by atoms with van der Waals surface area (Å²) in [6.07, 6.45) is 3.44. The van der Waals surface area contributed by atoms with E-state index in [0.717, 1.165) is 25.7 Å². The molecule has 0 aromatic rings. The van der Waals surface area contributed by atoms with Crippen molar-refractivity contribution in [2.24, 2.45) is 5.92 Å². The molecule has 0 radical (unpaired) electrons. The van der Waals surface area contributed by atoms with Crippen molar-refractivity contribution in [1.29, 1.82) is 0 Å². The molecule has 0 amide bonds. The molecule has 0 aromatic carbocycles. The minimum Gasteiger partial charge on any atom is -0.481 e. The predicted octanol–water partition coefficient (Wildman–Crippen LogP) is 2.38. The topological polar surface area (TPSA) is 37.3 Å². The number of aliphatic carboxylic acids is 1. The van der Waals surface area contributed by atoms with Gasteiger partial charge in [0, 0.05) is 0 Å². The zero-order chi connectivity index (χ0) is 9.19. The second-order valence-electron chi connectivity index (χ2n) is 3.83. The summed E-state index contributed by atoms with van der Waals surface area (Å²) in [6.45, 7) is 1.41. The number of carbonyl (C=O) groups is 1. The Hall–Kier alpha value is -0.600. The van der Waals surface area contributed by atoms with Crippen LogP contribution in [0.5, 0.6) is 0 Å². The lowest BCUT2D eigenvalue weighted by atomic mass is 9.87. The third-order valence-electron chi connectivity index (χ3n) is 2.70. The first-order valence-corrected chi connectivity index (χ1v) is 4.43. The van der Waals surface area contributed by atoms with Gasteiger partial charge in [0.25, 0.3) is 0 Å². The third kappa shape index (κ3) is 2.19. The molecule has 1 unspecified atom stereocenters. The number of hydrogen-bond donors (Lipinski definition) is 1. The van der Waals surface area contributed by atoms with Crippen LogP contribution in [0.3, 0.4) is 0 Å². The Bertz CT molecular complexity index is 171. The summed E-state index contributed by atoms with van der Waals surface area (Å²) in [5.41, 5.74) is -1.50. The van der Waals surface area contributed by atoms with E-state index in [2.05, 4.69) is 0 Å². The van der Waals surface area contributed by atoms with Crippen molar-refractivity contribution in [3.63, 3.8) is 0 Å². The highest BCUT2D eigenvalue weighted by molar-refractivity contribution is 5.68. The quantitative estimate of drug-likeness (QED) is 0.713. The molecule has 0 heterocycles. The SMILES string of the molecule is CC(F)(CC(=O)O)C1CCCC1. The van der Waals surface area contributed by atoms with Crippen molar-refractivity contribution in [2.45, 2.75) is 44.7 Å². The molecule has 0 aromatic heterocycles. The lowest BCUT2D eigenvalue weighted by molar-refractivity contribution is -0.141. The molecule has 1 aliphatic carbocycles. The van der Waals surface area contributed by atoms with E-state index in [0.29, 0.717) is 0 Å². The van der Waals surface area contributed by atoms with Crippen molar-refractivity contribution in [2.75, 3.05) is 0 Å². The van der Waals surface area contributed by atoms with E-state index in [-0.39, 0.29) is 12.3 Å². The Morgan fingerprint density at radius 2 is 2.08 bits per heavy atom. The van der Waals surface area contributed by atoms with E-state index in [1.54, 1.807) is 0 Å². The molecule has 0 aliphatic heterocycles. The second kappa shape index (κ2) is 3.42. The fourth-order valence-corrected chi connectivity index (χ4v) is 1.97. The molecule has 1 N–H and O–H groups in total. The summed E-state index contributed by atoms with van der Waals surface area (Å²) in [5.74, 6) is -1.07. The van der Waals surface area contributed by atoms with Crippen molar-refractivity contribution in [3.8, 4) is 0 Å². The Kier molecular flexibility index (Phi) is 2.70. The van der Waals surface area contributed by atoms with Crippen LogP contribution in [0.4, 0.5) is 4.39 Å². The second-order valence-corrected chi connectivity index (χ2v) is 3.83. The van der Waals surface area contributed by atoms with Crippen LogP contribution in [-0.4, -0.2) is 16.7 Å². The van der Waals surface area contributed by atoms with E-state index >= 15 is 0 Å². The largest absolute Gasteiger partial charge is 0.481 e. The number of rotatable bonds is 3. The van der Waals surface area contributed by atoms with Crippen LogP contribution in [0.2, 0.25) is 0 Å². The van der Waals surface area contributed by atoms with Crippen LogP contribution in [0.1, 0.15) is 39.0 Å². The van der Waals surface area contributed by atoms with E-state index in [1.165, 1.54) is 6.92 Å². The highest BCUT2D eigenvalue weighted by Gasteiger charge is 2.37. The molecule has 1 atom stereocenters. The number of carboxylic acid groups (broad SMARTS) is 1. The molecule has 3 heteroatoms. The molecule has 0 saturated heterocycles. The van der Waals surface area contributed by atoms with Gasteiger partial charge >= 0.3 is 5.97 Å². The molecule has 2 nitrogen and oxygen atoms in total. The normalized spacial score (nSPS) is 23.8. The van der Waals surface area contributed by atoms with Gasteiger partial charge < -0.3 is 5.11 Å². The fourth-order valence-electron chi connectivity index (χ4n) is 1.97. The van der Waals surface area contributed by atoms with Crippen molar-refractivity contribution in [3.05, 3.63) is 0 Å². The van der Waals surface area contributed by atoms with Crippen LogP contribution in [0, 0.1) is 5.92 Å². The zero-order valence-electron chi connectivity index (χ0n) is 7.35.